The zero-order valence-electron chi connectivity index (χ0n) is 21.6. The summed E-state index contributed by atoms with van der Waals surface area (Å²) in [4.78, 5) is 27.4. The van der Waals surface area contributed by atoms with Crippen LogP contribution in [0, 0.1) is 12.8 Å². The van der Waals surface area contributed by atoms with Crippen LogP contribution in [0.25, 0.3) is 10.8 Å². The lowest BCUT2D eigenvalue weighted by Gasteiger charge is -2.38. The van der Waals surface area contributed by atoms with Gasteiger partial charge in [-0.2, -0.15) is 0 Å². The highest BCUT2D eigenvalue weighted by atomic mass is 32.2. The fraction of sp³-hybridized carbons (Fsp3) is 0.357. The molecule has 196 valence electrons. The minimum Gasteiger partial charge on any atom is -0.341 e. The van der Waals surface area contributed by atoms with Gasteiger partial charge in [-0.05, 0) is 57.0 Å². The first-order valence-electron chi connectivity index (χ1n) is 12.5. The Morgan fingerprint density at radius 1 is 1.00 bits per heavy atom. The number of carbonyl (C=O) groups is 2. The van der Waals surface area contributed by atoms with E-state index in [2.05, 4.69) is 15.4 Å². The fourth-order valence-corrected chi connectivity index (χ4v) is 6.42. The molecule has 37 heavy (non-hydrogen) atoms. The van der Waals surface area contributed by atoms with Gasteiger partial charge in [-0.3, -0.25) is 9.59 Å². The van der Waals surface area contributed by atoms with Crippen molar-refractivity contribution in [2.75, 3.05) is 25.5 Å². The number of nitrogens with zero attached hydrogens (tertiary/aromatic N) is 1. The number of piperidine rings is 1. The normalized spacial score (nSPS) is 19.0. The first-order valence-corrected chi connectivity index (χ1v) is 14.0. The Labute approximate surface area is 218 Å². The van der Waals surface area contributed by atoms with E-state index in [0.717, 1.165) is 5.56 Å². The Balaban J connectivity index is 1.56. The van der Waals surface area contributed by atoms with E-state index in [0.29, 0.717) is 41.5 Å². The van der Waals surface area contributed by atoms with Crippen molar-refractivity contribution in [1.29, 1.82) is 0 Å². The summed E-state index contributed by atoms with van der Waals surface area (Å²) in [6.45, 7) is 6.63. The van der Waals surface area contributed by atoms with Crippen LogP contribution in [-0.2, 0) is 14.8 Å². The van der Waals surface area contributed by atoms with Gasteiger partial charge in [0, 0.05) is 41.2 Å². The highest BCUT2D eigenvalue weighted by molar-refractivity contribution is 7.89. The van der Waals surface area contributed by atoms with Crippen molar-refractivity contribution in [3.05, 3.63) is 71.8 Å². The first-order chi connectivity index (χ1) is 17.6. The number of likely N-dealkylation sites (N-methyl/N-ethyl adjacent to an activating group) is 1. The van der Waals surface area contributed by atoms with Crippen molar-refractivity contribution in [3.63, 3.8) is 0 Å². The number of aryl methyl sites for hydroxylation is 1. The van der Waals surface area contributed by atoms with Gasteiger partial charge in [-0.15, -0.1) is 0 Å². The molecule has 1 fully saturated rings. The molecule has 1 heterocycles. The van der Waals surface area contributed by atoms with E-state index in [-0.39, 0.29) is 34.7 Å². The lowest BCUT2D eigenvalue weighted by Crippen LogP contribution is -2.54. The molecule has 0 aliphatic carbocycles. The van der Waals surface area contributed by atoms with Gasteiger partial charge in [0.15, 0.2) is 0 Å². The molecular weight excluding hydrogens is 488 g/mol. The van der Waals surface area contributed by atoms with Gasteiger partial charge in [-0.25, -0.2) is 13.1 Å². The summed E-state index contributed by atoms with van der Waals surface area (Å²) >= 11 is 0. The fourth-order valence-electron chi connectivity index (χ4n) is 4.82. The van der Waals surface area contributed by atoms with Gasteiger partial charge in [0.05, 0.1) is 10.9 Å². The Bertz CT molecular complexity index is 1420. The van der Waals surface area contributed by atoms with Crippen LogP contribution in [0.2, 0.25) is 0 Å². The molecule has 4 rings (SSSR count). The summed E-state index contributed by atoms with van der Waals surface area (Å²) in [7, 11) is -2.11. The van der Waals surface area contributed by atoms with Gasteiger partial charge in [-0.1, -0.05) is 49.4 Å². The number of amides is 2. The average molecular weight is 523 g/mol. The summed E-state index contributed by atoms with van der Waals surface area (Å²) in [5.41, 5.74) is 1.96. The van der Waals surface area contributed by atoms with Crippen LogP contribution < -0.4 is 15.4 Å². The summed E-state index contributed by atoms with van der Waals surface area (Å²) in [6.07, 6.45) is 0.533. The molecule has 1 aliphatic heterocycles. The maximum Gasteiger partial charge on any atom is 0.255 e. The number of benzene rings is 3. The predicted octanol–water partition coefficient (Wildman–Crippen LogP) is 3.52. The Kier molecular flexibility index (Phi) is 7.96. The van der Waals surface area contributed by atoms with E-state index in [1.165, 1.54) is 0 Å². The second-order valence-electron chi connectivity index (χ2n) is 9.71. The zero-order valence-corrected chi connectivity index (χ0v) is 22.4. The monoisotopic (exact) mass is 522 g/mol. The molecule has 0 radical (unpaired) electrons. The maximum atomic E-state index is 13.5. The molecular formula is C28H34N4O4S. The highest BCUT2D eigenvalue weighted by Crippen LogP contribution is 2.30. The third-order valence-electron chi connectivity index (χ3n) is 7.14. The topological polar surface area (TPSA) is 108 Å². The Morgan fingerprint density at radius 3 is 2.41 bits per heavy atom. The number of sulfonamides is 1. The summed E-state index contributed by atoms with van der Waals surface area (Å²) in [5.74, 6) is -0.278. The molecule has 1 unspecified atom stereocenters. The Hall–Kier alpha value is -3.27. The van der Waals surface area contributed by atoms with E-state index >= 15 is 0 Å². The molecule has 9 heteroatoms. The van der Waals surface area contributed by atoms with E-state index in [1.54, 1.807) is 54.4 Å². The molecule has 0 bridgehead atoms. The van der Waals surface area contributed by atoms with Gasteiger partial charge in [0.2, 0.25) is 15.9 Å². The quantitative estimate of drug-likeness (QED) is 0.440. The van der Waals surface area contributed by atoms with E-state index in [1.807, 2.05) is 39.0 Å². The van der Waals surface area contributed by atoms with Gasteiger partial charge >= 0.3 is 0 Å². The number of anilines is 1. The van der Waals surface area contributed by atoms with Gasteiger partial charge < -0.3 is 15.5 Å². The SMILES string of the molecule is CN[C@@H](C)C(=O)N1CC[C@@H](NS(=O)(=O)c2cccc3c(NC(=O)c4ccccc4C)cccc23)C(C)C1. The average Bonchev–Trinajstić information content (AvgIpc) is 2.88. The molecule has 3 aromatic rings. The van der Waals surface area contributed by atoms with E-state index in [9.17, 15) is 18.0 Å². The summed E-state index contributed by atoms with van der Waals surface area (Å²) in [6, 6.07) is 17.1. The van der Waals surface area contributed by atoms with Crippen LogP contribution >= 0.6 is 0 Å². The van der Waals surface area contributed by atoms with Crippen molar-refractivity contribution in [2.24, 2.45) is 5.92 Å². The second kappa shape index (κ2) is 11.0. The van der Waals surface area contributed by atoms with Crippen molar-refractivity contribution < 1.29 is 18.0 Å². The molecule has 0 aromatic heterocycles. The molecule has 1 aliphatic rings. The minimum atomic E-state index is -3.86. The minimum absolute atomic E-state index is 0.0185. The van der Waals surface area contributed by atoms with Crippen molar-refractivity contribution in [2.45, 2.75) is 44.2 Å². The van der Waals surface area contributed by atoms with Crippen molar-refractivity contribution >= 4 is 38.3 Å². The van der Waals surface area contributed by atoms with Crippen LogP contribution in [0.4, 0.5) is 5.69 Å². The molecule has 8 nitrogen and oxygen atoms in total. The third kappa shape index (κ3) is 5.69. The van der Waals surface area contributed by atoms with Crippen LogP contribution in [0.5, 0.6) is 0 Å². The highest BCUT2D eigenvalue weighted by Gasteiger charge is 2.33. The number of fused-ring (bicyclic) bond motifs is 1. The molecule has 3 atom stereocenters. The van der Waals surface area contributed by atoms with E-state index in [4.69, 9.17) is 0 Å². The van der Waals surface area contributed by atoms with Gasteiger partial charge in [0.1, 0.15) is 0 Å². The summed E-state index contributed by atoms with van der Waals surface area (Å²) < 4.78 is 30.0. The molecule has 3 N–H and O–H groups in total. The van der Waals surface area contributed by atoms with Crippen molar-refractivity contribution in [3.8, 4) is 0 Å². The van der Waals surface area contributed by atoms with E-state index < -0.39 is 10.0 Å². The smallest absolute Gasteiger partial charge is 0.255 e. The predicted molar refractivity (Wildman–Crippen MR) is 146 cm³/mol. The molecule has 0 spiro atoms. The number of likely N-dealkylation sites (tertiary alicyclic amines) is 1. The molecule has 3 aromatic carbocycles. The van der Waals surface area contributed by atoms with Gasteiger partial charge in [0.25, 0.3) is 5.91 Å². The number of hydrogen-bond donors (Lipinski definition) is 3. The van der Waals surface area contributed by atoms with Crippen LogP contribution in [0.3, 0.4) is 0 Å². The number of rotatable bonds is 7. The maximum absolute atomic E-state index is 13.5. The van der Waals surface area contributed by atoms with Crippen LogP contribution in [0.15, 0.2) is 65.6 Å². The summed E-state index contributed by atoms with van der Waals surface area (Å²) in [5, 5.41) is 7.07. The molecule has 1 saturated heterocycles. The molecule has 0 saturated carbocycles. The zero-order chi connectivity index (χ0) is 26.7. The molecule has 2 amide bonds. The van der Waals surface area contributed by atoms with Crippen LogP contribution in [0.1, 0.15) is 36.2 Å². The second-order valence-corrected chi connectivity index (χ2v) is 11.4. The first kappa shape index (κ1) is 26.8. The Morgan fingerprint density at radius 2 is 1.70 bits per heavy atom. The number of carbonyl (C=O) groups excluding carboxylic acids is 2. The lowest BCUT2D eigenvalue weighted by molar-refractivity contribution is -0.134. The largest absolute Gasteiger partial charge is 0.341 e. The number of hydrogen-bond acceptors (Lipinski definition) is 5. The standard InChI is InChI=1S/C28H34N4O4S/c1-18-9-5-6-10-21(18)27(33)30-25-13-7-12-23-22(25)11-8-14-26(23)37(35,36)31-24-15-16-32(17-19(24)2)28(34)20(3)29-4/h5-14,19-20,24,29,31H,15-17H2,1-4H3,(H,30,33)/t19?,20-,24+/m0/s1. The van der Waals surface area contributed by atoms with Crippen molar-refractivity contribution in [1.82, 2.24) is 14.9 Å². The third-order valence-corrected chi connectivity index (χ3v) is 8.68. The lowest BCUT2D eigenvalue weighted by atomic mass is 9.94. The number of nitrogens with one attached hydrogen (secondary N) is 3. The van der Waals surface area contributed by atoms with Crippen LogP contribution in [-0.4, -0.2) is 57.4 Å².